The number of anilines is 1. The van der Waals surface area contributed by atoms with Gasteiger partial charge in [-0.2, -0.15) is 0 Å². The maximum absolute atomic E-state index is 11.1. The van der Waals surface area contributed by atoms with E-state index in [1.165, 1.54) is 6.92 Å². The Kier molecular flexibility index (Phi) is 8.19. The molecule has 8 atom stereocenters. The third kappa shape index (κ3) is 5.90. The zero-order valence-electron chi connectivity index (χ0n) is 17.0. The maximum atomic E-state index is 11.1. The van der Waals surface area contributed by atoms with E-state index in [0.29, 0.717) is 24.3 Å². The van der Waals surface area contributed by atoms with Crippen molar-refractivity contribution in [3.05, 3.63) is 24.3 Å². The smallest absolute Gasteiger partial charge is 0.221 e. The van der Waals surface area contributed by atoms with Crippen LogP contribution >= 0.6 is 0 Å². The van der Waals surface area contributed by atoms with Gasteiger partial charge >= 0.3 is 0 Å². The van der Waals surface area contributed by atoms with Crippen molar-refractivity contribution in [3.8, 4) is 5.75 Å². The summed E-state index contributed by atoms with van der Waals surface area (Å²) in [5.74, 6) is 0.338. The fourth-order valence-corrected chi connectivity index (χ4v) is 3.56. The second-order valence-corrected chi connectivity index (χ2v) is 7.56. The lowest BCUT2D eigenvalue weighted by Gasteiger charge is -2.43. The molecule has 0 bridgehead atoms. The van der Waals surface area contributed by atoms with Gasteiger partial charge in [0.1, 0.15) is 36.3 Å². The molecule has 0 aliphatic carbocycles. The van der Waals surface area contributed by atoms with Crippen molar-refractivity contribution in [3.63, 3.8) is 0 Å². The zero-order valence-corrected chi connectivity index (χ0v) is 17.0. The molecule has 6 N–H and O–H groups in total. The van der Waals surface area contributed by atoms with Crippen LogP contribution in [-0.2, 0) is 19.0 Å². The van der Waals surface area contributed by atoms with Gasteiger partial charge in [0.25, 0.3) is 0 Å². The molecule has 2 fully saturated rings. The number of hydrogen-bond acceptors (Lipinski definition) is 10. The SMILES string of the molecule is CC(=O)Nc1ccc(O[C@@H]2CC[C@H](OC3OC(CO)C(O)C(O)[C@H]3O)C(CO)O2)cc1. The summed E-state index contributed by atoms with van der Waals surface area (Å²) in [6.45, 7) is 0.466. The number of aliphatic hydroxyl groups is 5. The highest BCUT2D eigenvalue weighted by Gasteiger charge is 2.46. The van der Waals surface area contributed by atoms with Crippen LogP contribution in [0.1, 0.15) is 19.8 Å². The molecule has 174 valence electrons. The van der Waals surface area contributed by atoms with Crippen LogP contribution in [0.15, 0.2) is 24.3 Å². The van der Waals surface area contributed by atoms with E-state index in [9.17, 15) is 30.3 Å². The Morgan fingerprint density at radius 3 is 2.29 bits per heavy atom. The second-order valence-electron chi connectivity index (χ2n) is 7.56. The third-order valence-corrected chi connectivity index (χ3v) is 5.21. The quantitative estimate of drug-likeness (QED) is 0.298. The Morgan fingerprint density at radius 1 is 1.00 bits per heavy atom. The zero-order chi connectivity index (χ0) is 22.5. The molecule has 5 unspecified atom stereocenters. The topological polar surface area (TPSA) is 167 Å². The molecule has 2 aliphatic rings. The Bertz CT molecular complexity index is 714. The molecule has 0 aromatic heterocycles. The molecule has 11 nitrogen and oxygen atoms in total. The molecule has 1 aromatic rings. The standard InChI is InChI=1S/C20H29NO10/c1-10(24)21-11-2-4-12(5-3-11)28-16-7-6-13(14(8-22)29-16)30-20-19(27)18(26)17(25)15(9-23)31-20/h2-5,13-20,22-23,25-27H,6-9H2,1H3,(H,21,24)/t13-,14?,15?,16-,17?,18?,19+,20?/m0/s1. The Hall–Kier alpha value is -1.83. The van der Waals surface area contributed by atoms with E-state index in [-0.39, 0.29) is 12.5 Å². The number of aliphatic hydroxyl groups excluding tert-OH is 5. The second kappa shape index (κ2) is 10.7. The number of benzene rings is 1. The van der Waals surface area contributed by atoms with Crippen LogP contribution in [0.25, 0.3) is 0 Å². The van der Waals surface area contributed by atoms with Crippen LogP contribution in [0, 0.1) is 0 Å². The number of hydrogen-bond donors (Lipinski definition) is 6. The van der Waals surface area contributed by atoms with Gasteiger partial charge in [-0.05, 0) is 30.7 Å². The van der Waals surface area contributed by atoms with Crippen molar-refractivity contribution in [2.24, 2.45) is 0 Å². The van der Waals surface area contributed by atoms with Crippen LogP contribution < -0.4 is 10.1 Å². The van der Waals surface area contributed by atoms with E-state index in [4.69, 9.17) is 18.9 Å². The van der Waals surface area contributed by atoms with E-state index in [0.717, 1.165) is 0 Å². The van der Waals surface area contributed by atoms with Gasteiger partial charge in [-0.1, -0.05) is 0 Å². The molecule has 1 aromatic carbocycles. The average molecular weight is 443 g/mol. The van der Waals surface area contributed by atoms with Gasteiger partial charge in [-0.25, -0.2) is 0 Å². The lowest BCUT2D eigenvalue weighted by molar-refractivity contribution is -0.329. The van der Waals surface area contributed by atoms with Crippen LogP contribution in [0.2, 0.25) is 0 Å². The molecular formula is C20H29NO10. The minimum atomic E-state index is -1.55. The van der Waals surface area contributed by atoms with Gasteiger partial charge in [-0.3, -0.25) is 4.79 Å². The summed E-state index contributed by atoms with van der Waals surface area (Å²) in [7, 11) is 0. The summed E-state index contributed by atoms with van der Waals surface area (Å²) in [5, 5.41) is 51.6. The molecule has 2 aliphatic heterocycles. The van der Waals surface area contributed by atoms with Crippen molar-refractivity contribution in [1.82, 2.24) is 0 Å². The number of carbonyl (C=O) groups is 1. The normalized spacial score (nSPS) is 36.1. The first-order valence-corrected chi connectivity index (χ1v) is 10.1. The van der Waals surface area contributed by atoms with Crippen LogP contribution in [0.3, 0.4) is 0 Å². The van der Waals surface area contributed by atoms with Crippen LogP contribution in [-0.4, -0.2) is 93.9 Å². The van der Waals surface area contributed by atoms with Crippen LogP contribution in [0.4, 0.5) is 5.69 Å². The Balaban J connectivity index is 1.56. The molecule has 1 amide bonds. The van der Waals surface area contributed by atoms with Crippen molar-refractivity contribution < 1.29 is 49.3 Å². The highest BCUT2D eigenvalue weighted by Crippen LogP contribution is 2.29. The average Bonchev–Trinajstić information content (AvgIpc) is 2.76. The predicted octanol–water partition coefficient (Wildman–Crippen LogP) is -1.29. The summed E-state index contributed by atoms with van der Waals surface area (Å²) in [6, 6.07) is 6.74. The predicted molar refractivity (Wildman–Crippen MR) is 105 cm³/mol. The van der Waals surface area contributed by atoms with Gasteiger partial charge < -0.3 is 49.8 Å². The first-order chi connectivity index (χ1) is 14.8. The van der Waals surface area contributed by atoms with E-state index < -0.39 is 55.8 Å². The number of rotatable bonds is 7. The lowest BCUT2D eigenvalue weighted by Crippen LogP contribution is -2.60. The first kappa shape index (κ1) is 23.8. The molecule has 31 heavy (non-hydrogen) atoms. The molecule has 11 heteroatoms. The van der Waals surface area contributed by atoms with Gasteiger partial charge in [-0.15, -0.1) is 0 Å². The lowest BCUT2D eigenvalue weighted by atomic mass is 9.99. The Morgan fingerprint density at radius 2 is 1.68 bits per heavy atom. The maximum Gasteiger partial charge on any atom is 0.221 e. The van der Waals surface area contributed by atoms with Crippen molar-refractivity contribution in [2.75, 3.05) is 18.5 Å². The van der Waals surface area contributed by atoms with Gasteiger partial charge in [0.15, 0.2) is 12.6 Å². The highest BCUT2D eigenvalue weighted by atomic mass is 16.7. The number of amides is 1. The minimum Gasteiger partial charge on any atom is -0.465 e. The molecule has 0 radical (unpaired) electrons. The molecule has 3 rings (SSSR count). The summed E-state index contributed by atoms with van der Waals surface area (Å²) in [5.41, 5.74) is 0.630. The molecule has 0 saturated carbocycles. The van der Waals surface area contributed by atoms with E-state index in [1.54, 1.807) is 24.3 Å². The number of ether oxygens (including phenoxy) is 4. The molecule has 2 heterocycles. The summed E-state index contributed by atoms with van der Waals surface area (Å²) in [4.78, 5) is 11.1. The fourth-order valence-electron chi connectivity index (χ4n) is 3.56. The van der Waals surface area contributed by atoms with Crippen molar-refractivity contribution >= 4 is 11.6 Å². The fraction of sp³-hybridized carbons (Fsp3) is 0.650. The molecular weight excluding hydrogens is 414 g/mol. The molecule has 0 spiro atoms. The number of nitrogens with one attached hydrogen (secondary N) is 1. The summed E-state index contributed by atoms with van der Waals surface area (Å²) >= 11 is 0. The van der Waals surface area contributed by atoms with E-state index in [2.05, 4.69) is 5.32 Å². The van der Waals surface area contributed by atoms with Crippen LogP contribution in [0.5, 0.6) is 5.75 Å². The monoisotopic (exact) mass is 443 g/mol. The third-order valence-electron chi connectivity index (χ3n) is 5.21. The van der Waals surface area contributed by atoms with Gasteiger partial charge in [0, 0.05) is 19.0 Å². The van der Waals surface area contributed by atoms with E-state index >= 15 is 0 Å². The minimum absolute atomic E-state index is 0.180. The van der Waals surface area contributed by atoms with E-state index in [1.807, 2.05) is 0 Å². The first-order valence-electron chi connectivity index (χ1n) is 10.1. The van der Waals surface area contributed by atoms with Crippen molar-refractivity contribution in [1.29, 1.82) is 0 Å². The Labute approximate surface area is 179 Å². The molecule has 2 saturated heterocycles. The number of carbonyl (C=O) groups excluding carboxylic acids is 1. The highest BCUT2D eigenvalue weighted by molar-refractivity contribution is 5.88. The largest absolute Gasteiger partial charge is 0.465 e. The summed E-state index contributed by atoms with van der Waals surface area (Å²) < 4.78 is 22.6. The summed E-state index contributed by atoms with van der Waals surface area (Å²) in [6.07, 6.45) is -8.27. The van der Waals surface area contributed by atoms with Gasteiger partial charge in [0.05, 0.1) is 19.3 Å². The van der Waals surface area contributed by atoms with Gasteiger partial charge in [0.2, 0.25) is 5.91 Å². The van der Waals surface area contributed by atoms with Crippen molar-refractivity contribution in [2.45, 2.75) is 69.0 Å².